The van der Waals surface area contributed by atoms with Gasteiger partial charge in [-0.25, -0.2) is 0 Å². The second-order valence-electron chi connectivity index (χ2n) is 5.57. The molecule has 0 aliphatic carbocycles. The van der Waals surface area contributed by atoms with Crippen LogP contribution in [0.25, 0.3) is 0 Å². The molecule has 0 spiro atoms. The molecule has 0 radical (unpaired) electrons. The molecule has 1 aromatic carbocycles. The van der Waals surface area contributed by atoms with E-state index in [1.54, 1.807) is 19.2 Å². The lowest BCUT2D eigenvalue weighted by atomic mass is 10.1. The van der Waals surface area contributed by atoms with Crippen LogP contribution in [-0.4, -0.2) is 48.3 Å². The van der Waals surface area contributed by atoms with Crippen molar-refractivity contribution < 1.29 is 9.26 Å². The van der Waals surface area contributed by atoms with Gasteiger partial charge in [0.05, 0.1) is 17.8 Å². The van der Waals surface area contributed by atoms with E-state index in [0.717, 1.165) is 31.9 Å². The summed E-state index contributed by atoms with van der Waals surface area (Å²) in [4.78, 5) is 8.72. The summed E-state index contributed by atoms with van der Waals surface area (Å²) in [5.74, 6) is 1.15. The summed E-state index contributed by atoms with van der Waals surface area (Å²) in [6.45, 7) is 4.29. The first-order valence-electron chi connectivity index (χ1n) is 7.67. The fourth-order valence-electron chi connectivity index (χ4n) is 2.74. The lowest BCUT2D eigenvalue weighted by molar-refractivity contribution is 0.174. The molecule has 8 heteroatoms. The number of aromatic nitrogens is 2. The molecule has 1 aliphatic rings. The molecule has 2 aromatic rings. The maximum absolute atomic E-state index is 9.26. The molecule has 3 rings (SSSR count). The Balaban J connectivity index is 1.59. The zero-order valence-electron chi connectivity index (χ0n) is 13.4. The van der Waals surface area contributed by atoms with E-state index in [1.807, 2.05) is 6.07 Å². The molecular formula is C16H18ClN5O2. The highest BCUT2D eigenvalue weighted by molar-refractivity contribution is 6.30. The van der Waals surface area contributed by atoms with Gasteiger partial charge in [-0.3, -0.25) is 4.90 Å². The number of nitriles is 1. The van der Waals surface area contributed by atoms with Crippen LogP contribution in [0.1, 0.15) is 17.3 Å². The van der Waals surface area contributed by atoms with Gasteiger partial charge in [0, 0.05) is 38.3 Å². The van der Waals surface area contributed by atoms with Crippen LogP contribution >= 0.6 is 11.6 Å². The summed E-state index contributed by atoms with van der Waals surface area (Å²) in [6.07, 6.45) is 0. The minimum Gasteiger partial charge on any atom is -0.377 e. The van der Waals surface area contributed by atoms with Gasteiger partial charge in [-0.05, 0) is 18.2 Å². The van der Waals surface area contributed by atoms with Crippen LogP contribution in [0.4, 0.5) is 5.69 Å². The van der Waals surface area contributed by atoms with Gasteiger partial charge in [0.15, 0.2) is 5.82 Å². The van der Waals surface area contributed by atoms with Crippen molar-refractivity contribution in [2.24, 2.45) is 0 Å². The number of ether oxygens (including phenoxy) is 1. The average molecular weight is 348 g/mol. The molecule has 1 saturated heterocycles. The molecule has 0 saturated carbocycles. The SMILES string of the molecule is COCc1noc(CN2CCN(c3cc(Cl)ccc3C#N)CC2)n1. The highest BCUT2D eigenvalue weighted by atomic mass is 35.5. The molecule has 24 heavy (non-hydrogen) atoms. The van der Waals surface area contributed by atoms with E-state index in [2.05, 4.69) is 26.0 Å². The van der Waals surface area contributed by atoms with Crippen LogP contribution in [-0.2, 0) is 17.9 Å². The average Bonchev–Trinajstić information content (AvgIpc) is 3.03. The third kappa shape index (κ3) is 3.85. The molecule has 0 unspecified atom stereocenters. The van der Waals surface area contributed by atoms with Crippen molar-refractivity contribution >= 4 is 17.3 Å². The highest BCUT2D eigenvalue weighted by Gasteiger charge is 2.21. The Morgan fingerprint density at radius 2 is 2.12 bits per heavy atom. The minimum atomic E-state index is 0.350. The van der Waals surface area contributed by atoms with E-state index in [0.29, 0.717) is 35.5 Å². The maximum atomic E-state index is 9.26. The smallest absolute Gasteiger partial charge is 0.240 e. The number of benzene rings is 1. The largest absolute Gasteiger partial charge is 0.377 e. The van der Waals surface area contributed by atoms with Crippen LogP contribution < -0.4 is 4.90 Å². The zero-order valence-corrected chi connectivity index (χ0v) is 14.2. The van der Waals surface area contributed by atoms with Crippen molar-refractivity contribution in [3.05, 3.63) is 40.5 Å². The summed E-state index contributed by atoms with van der Waals surface area (Å²) in [5, 5.41) is 13.8. The van der Waals surface area contributed by atoms with Gasteiger partial charge < -0.3 is 14.2 Å². The summed E-state index contributed by atoms with van der Waals surface area (Å²) >= 11 is 6.07. The number of piperazine rings is 1. The number of anilines is 1. The number of halogens is 1. The minimum absolute atomic E-state index is 0.350. The summed E-state index contributed by atoms with van der Waals surface area (Å²) < 4.78 is 10.2. The molecule has 126 valence electrons. The van der Waals surface area contributed by atoms with Gasteiger partial charge in [-0.2, -0.15) is 10.2 Å². The second-order valence-corrected chi connectivity index (χ2v) is 6.01. The summed E-state index contributed by atoms with van der Waals surface area (Å²) in [7, 11) is 1.60. The van der Waals surface area contributed by atoms with Gasteiger partial charge >= 0.3 is 0 Å². The van der Waals surface area contributed by atoms with Crippen LogP contribution in [0.5, 0.6) is 0 Å². The topological polar surface area (TPSA) is 78.4 Å². The highest BCUT2D eigenvalue weighted by Crippen LogP contribution is 2.25. The number of rotatable bonds is 5. The molecule has 1 aromatic heterocycles. The van der Waals surface area contributed by atoms with E-state index in [4.69, 9.17) is 20.9 Å². The van der Waals surface area contributed by atoms with Crippen molar-refractivity contribution in [3.63, 3.8) is 0 Å². The van der Waals surface area contributed by atoms with E-state index < -0.39 is 0 Å². The lowest BCUT2D eigenvalue weighted by Gasteiger charge is -2.35. The van der Waals surface area contributed by atoms with E-state index >= 15 is 0 Å². The van der Waals surface area contributed by atoms with Crippen molar-refractivity contribution in [2.75, 3.05) is 38.2 Å². The Kier molecular flexibility index (Phi) is 5.30. The Morgan fingerprint density at radius 3 is 2.83 bits per heavy atom. The molecular weight excluding hydrogens is 330 g/mol. The number of hydrogen-bond donors (Lipinski definition) is 0. The molecule has 7 nitrogen and oxygen atoms in total. The van der Waals surface area contributed by atoms with Gasteiger partial charge in [-0.1, -0.05) is 16.8 Å². The molecule has 1 fully saturated rings. The van der Waals surface area contributed by atoms with Gasteiger partial charge in [0.25, 0.3) is 0 Å². The van der Waals surface area contributed by atoms with Crippen LogP contribution in [0, 0.1) is 11.3 Å². The molecule has 2 heterocycles. The zero-order chi connectivity index (χ0) is 16.9. The van der Waals surface area contributed by atoms with Crippen molar-refractivity contribution in [2.45, 2.75) is 13.2 Å². The molecule has 0 N–H and O–H groups in total. The molecule has 0 bridgehead atoms. The first-order chi connectivity index (χ1) is 11.7. The van der Waals surface area contributed by atoms with Gasteiger partial charge in [0.1, 0.15) is 12.7 Å². The predicted octanol–water partition coefficient (Wildman–Crippen LogP) is 2.06. The first-order valence-corrected chi connectivity index (χ1v) is 8.04. The van der Waals surface area contributed by atoms with Crippen LogP contribution in [0.2, 0.25) is 5.02 Å². The third-order valence-corrected chi connectivity index (χ3v) is 4.17. The van der Waals surface area contributed by atoms with E-state index in [9.17, 15) is 5.26 Å². The Labute approximate surface area is 145 Å². The maximum Gasteiger partial charge on any atom is 0.240 e. The fourth-order valence-corrected chi connectivity index (χ4v) is 2.91. The van der Waals surface area contributed by atoms with Gasteiger partial charge in [0.2, 0.25) is 5.89 Å². The van der Waals surface area contributed by atoms with Crippen molar-refractivity contribution in [1.29, 1.82) is 5.26 Å². The Bertz CT molecular complexity index is 734. The third-order valence-electron chi connectivity index (χ3n) is 3.94. The fraction of sp³-hybridized carbons (Fsp3) is 0.438. The standard InChI is InChI=1S/C16H18ClN5O2/c1-23-11-15-19-16(24-20-15)10-21-4-6-22(7-5-21)14-8-13(17)3-2-12(14)9-18/h2-3,8H,4-7,10-11H2,1H3. The molecule has 1 aliphatic heterocycles. The Morgan fingerprint density at radius 1 is 1.33 bits per heavy atom. The van der Waals surface area contributed by atoms with Crippen LogP contribution in [0.15, 0.2) is 22.7 Å². The molecule has 0 atom stereocenters. The van der Waals surface area contributed by atoms with Gasteiger partial charge in [-0.15, -0.1) is 0 Å². The number of methoxy groups -OCH3 is 1. The monoisotopic (exact) mass is 347 g/mol. The lowest BCUT2D eigenvalue weighted by Crippen LogP contribution is -2.46. The number of nitrogens with zero attached hydrogens (tertiary/aromatic N) is 5. The Hall–Kier alpha value is -2.14. The van der Waals surface area contributed by atoms with Crippen molar-refractivity contribution in [3.8, 4) is 6.07 Å². The second kappa shape index (κ2) is 7.62. The number of hydrogen-bond acceptors (Lipinski definition) is 7. The van der Waals surface area contributed by atoms with E-state index in [-0.39, 0.29) is 0 Å². The van der Waals surface area contributed by atoms with E-state index in [1.165, 1.54) is 0 Å². The van der Waals surface area contributed by atoms with Crippen LogP contribution in [0.3, 0.4) is 0 Å². The summed E-state index contributed by atoms with van der Waals surface area (Å²) in [6, 6.07) is 7.59. The summed E-state index contributed by atoms with van der Waals surface area (Å²) in [5.41, 5.74) is 1.54. The van der Waals surface area contributed by atoms with Crippen molar-refractivity contribution in [1.82, 2.24) is 15.0 Å². The quantitative estimate of drug-likeness (QED) is 0.819. The predicted molar refractivity (Wildman–Crippen MR) is 88.7 cm³/mol. The molecule has 0 amide bonds. The first kappa shape index (κ1) is 16.7. The normalized spacial score (nSPS) is 15.5.